The van der Waals surface area contributed by atoms with Gasteiger partial charge in [-0.15, -0.1) is 0 Å². The first-order chi connectivity index (χ1) is 8.21. The molecule has 1 heterocycles. The second-order valence-corrected chi connectivity index (χ2v) is 3.70. The normalized spacial score (nSPS) is 10.6. The Hall–Kier alpha value is -2.05. The summed E-state index contributed by atoms with van der Waals surface area (Å²) in [6.45, 7) is 1.88. The lowest BCUT2D eigenvalue weighted by Crippen LogP contribution is -2.05. The standard InChI is InChI=1S/C9H10N4O3S/c1-3-16-8(14)7(12-13-10)4-6-5-11-9(15-2)17-6/h4-5H,3H2,1-2H3/b7-4-. The molecule has 0 aromatic carbocycles. The smallest absolute Gasteiger partial charge is 0.340 e. The molecule has 0 amide bonds. The van der Waals surface area contributed by atoms with E-state index in [4.69, 9.17) is 15.0 Å². The van der Waals surface area contributed by atoms with Gasteiger partial charge in [-0.1, -0.05) is 16.5 Å². The van der Waals surface area contributed by atoms with E-state index in [1.807, 2.05) is 0 Å². The molecule has 8 heteroatoms. The molecule has 17 heavy (non-hydrogen) atoms. The number of carbonyl (C=O) groups is 1. The van der Waals surface area contributed by atoms with Gasteiger partial charge in [0.2, 0.25) is 0 Å². The molecule has 0 aliphatic rings. The predicted octanol–water partition coefficient (Wildman–Crippen LogP) is 2.37. The van der Waals surface area contributed by atoms with E-state index >= 15 is 0 Å². The highest BCUT2D eigenvalue weighted by Gasteiger charge is 2.09. The summed E-state index contributed by atoms with van der Waals surface area (Å²) in [7, 11) is 1.49. The van der Waals surface area contributed by atoms with Crippen molar-refractivity contribution in [3.8, 4) is 5.19 Å². The summed E-state index contributed by atoms with van der Waals surface area (Å²) < 4.78 is 9.65. The number of hydrogen-bond donors (Lipinski definition) is 0. The van der Waals surface area contributed by atoms with E-state index in [9.17, 15) is 4.79 Å². The Morgan fingerprint density at radius 2 is 2.53 bits per heavy atom. The maximum Gasteiger partial charge on any atom is 0.340 e. The predicted molar refractivity (Wildman–Crippen MR) is 62.4 cm³/mol. The number of hydrogen-bond acceptors (Lipinski definition) is 6. The van der Waals surface area contributed by atoms with Gasteiger partial charge < -0.3 is 9.47 Å². The lowest BCUT2D eigenvalue weighted by molar-refractivity contribution is -0.138. The van der Waals surface area contributed by atoms with Crippen LogP contribution in [0, 0.1) is 0 Å². The zero-order chi connectivity index (χ0) is 12.7. The van der Waals surface area contributed by atoms with Crippen LogP contribution in [-0.4, -0.2) is 24.7 Å². The number of methoxy groups -OCH3 is 1. The fourth-order valence-electron chi connectivity index (χ4n) is 0.948. The lowest BCUT2D eigenvalue weighted by Gasteiger charge is -1.99. The number of rotatable bonds is 5. The van der Waals surface area contributed by atoms with Crippen LogP contribution in [-0.2, 0) is 9.53 Å². The summed E-state index contributed by atoms with van der Waals surface area (Å²) in [6.07, 6.45) is 2.91. The van der Waals surface area contributed by atoms with Crippen molar-refractivity contribution in [3.63, 3.8) is 0 Å². The summed E-state index contributed by atoms with van der Waals surface area (Å²) in [5.41, 5.74) is 8.25. The fourth-order valence-corrected chi connectivity index (χ4v) is 1.61. The SMILES string of the molecule is CCOC(=O)/C(=C/c1cnc(OC)s1)N=[N+]=[N-]. The maximum atomic E-state index is 11.4. The molecular formula is C9H10N4O3S. The molecule has 1 rings (SSSR count). The van der Waals surface area contributed by atoms with Crippen molar-refractivity contribution in [1.29, 1.82) is 0 Å². The van der Waals surface area contributed by atoms with Gasteiger partial charge in [0.15, 0.2) is 0 Å². The van der Waals surface area contributed by atoms with E-state index in [0.717, 1.165) is 0 Å². The monoisotopic (exact) mass is 254 g/mol. The van der Waals surface area contributed by atoms with Crippen molar-refractivity contribution in [2.24, 2.45) is 5.11 Å². The topological polar surface area (TPSA) is 97.2 Å². The Balaban J connectivity index is 2.97. The van der Waals surface area contributed by atoms with Crippen molar-refractivity contribution >= 4 is 23.4 Å². The van der Waals surface area contributed by atoms with E-state index < -0.39 is 5.97 Å². The van der Waals surface area contributed by atoms with Crippen LogP contribution < -0.4 is 4.74 Å². The van der Waals surface area contributed by atoms with Gasteiger partial charge in [0.25, 0.3) is 5.19 Å². The molecule has 0 bridgehead atoms. The Morgan fingerprint density at radius 3 is 3.06 bits per heavy atom. The number of azide groups is 1. The minimum Gasteiger partial charge on any atom is -0.473 e. The number of thiazole rings is 1. The summed E-state index contributed by atoms with van der Waals surface area (Å²) in [5.74, 6) is -0.669. The van der Waals surface area contributed by atoms with Crippen molar-refractivity contribution in [2.45, 2.75) is 6.92 Å². The van der Waals surface area contributed by atoms with Gasteiger partial charge in [0.1, 0.15) is 5.70 Å². The van der Waals surface area contributed by atoms with Gasteiger partial charge in [-0.25, -0.2) is 9.78 Å². The number of aromatic nitrogens is 1. The third kappa shape index (κ3) is 3.78. The second-order valence-electron chi connectivity index (χ2n) is 2.67. The fraction of sp³-hybridized carbons (Fsp3) is 0.333. The van der Waals surface area contributed by atoms with Crippen LogP contribution in [0.5, 0.6) is 5.19 Å². The van der Waals surface area contributed by atoms with Gasteiger partial charge in [0.05, 0.1) is 18.6 Å². The highest BCUT2D eigenvalue weighted by atomic mass is 32.1. The zero-order valence-corrected chi connectivity index (χ0v) is 10.1. The lowest BCUT2D eigenvalue weighted by atomic mass is 10.4. The van der Waals surface area contributed by atoms with Crippen molar-refractivity contribution in [3.05, 3.63) is 27.2 Å². The molecule has 0 saturated heterocycles. The molecule has 0 aliphatic heterocycles. The number of ether oxygens (including phenoxy) is 2. The van der Waals surface area contributed by atoms with Crippen molar-refractivity contribution < 1.29 is 14.3 Å². The Bertz CT molecular complexity index is 476. The van der Waals surface area contributed by atoms with Crippen LogP contribution in [0.15, 0.2) is 17.0 Å². The number of nitrogens with zero attached hydrogens (tertiary/aromatic N) is 4. The van der Waals surface area contributed by atoms with Gasteiger partial charge in [-0.2, -0.15) is 0 Å². The molecule has 0 unspecified atom stereocenters. The summed E-state index contributed by atoms with van der Waals surface area (Å²) in [6, 6.07) is 0. The average molecular weight is 254 g/mol. The van der Waals surface area contributed by atoms with Gasteiger partial charge in [0, 0.05) is 11.1 Å². The first-order valence-electron chi connectivity index (χ1n) is 4.65. The minimum absolute atomic E-state index is 0.111. The van der Waals surface area contributed by atoms with Gasteiger partial charge in [-0.3, -0.25) is 0 Å². The van der Waals surface area contributed by atoms with Crippen LogP contribution in [0.2, 0.25) is 0 Å². The molecule has 0 fully saturated rings. The molecule has 0 radical (unpaired) electrons. The summed E-state index contributed by atoms with van der Waals surface area (Å²) in [5, 5.41) is 3.74. The zero-order valence-electron chi connectivity index (χ0n) is 9.28. The number of carbonyl (C=O) groups excluding carboxylic acids is 1. The molecule has 0 N–H and O–H groups in total. The average Bonchev–Trinajstić information content (AvgIpc) is 2.76. The van der Waals surface area contributed by atoms with E-state index in [1.165, 1.54) is 30.7 Å². The quantitative estimate of drug-likeness (QED) is 0.265. The molecular weight excluding hydrogens is 244 g/mol. The highest BCUT2D eigenvalue weighted by molar-refractivity contribution is 7.14. The first-order valence-corrected chi connectivity index (χ1v) is 5.46. The van der Waals surface area contributed by atoms with E-state index in [0.29, 0.717) is 10.1 Å². The van der Waals surface area contributed by atoms with E-state index in [-0.39, 0.29) is 12.3 Å². The molecule has 7 nitrogen and oxygen atoms in total. The maximum absolute atomic E-state index is 11.4. The Labute approximate surface area is 101 Å². The van der Waals surface area contributed by atoms with Gasteiger partial charge in [-0.05, 0) is 18.5 Å². The molecule has 0 aliphatic carbocycles. The third-order valence-electron chi connectivity index (χ3n) is 1.59. The molecule has 0 saturated carbocycles. The van der Waals surface area contributed by atoms with Gasteiger partial charge >= 0.3 is 5.97 Å². The summed E-state index contributed by atoms with van der Waals surface area (Å²) >= 11 is 1.22. The Morgan fingerprint density at radius 1 is 1.76 bits per heavy atom. The summed E-state index contributed by atoms with van der Waals surface area (Å²) in [4.78, 5) is 18.5. The van der Waals surface area contributed by atoms with Crippen LogP contribution in [0.4, 0.5) is 0 Å². The van der Waals surface area contributed by atoms with Crippen LogP contribution in [0.1, 0.15) is 11.8 Å². The second kappa shape index (κ2) is 6.51. The minimum atomic E-state index is -0.669. The van der Waals surface area contributed by atoms with Crippen molar-refractivity contribution in [2.75, 3.05) is 13.7 Å². The highest BCUT2D eigenvalue weighted by Crippen LogP contribution is 2.22. The molecule has 1 aromatic heterocycles. The van der Waals surface area contributed by atoms with Crippen molar-refractivity contribution in [1.82, 2.24) is 4.98 Å². The van der Waals surface area contributed by atoms with Crippen LogP contribution in [0.25, 0.3) is 16.5 Å². The largest absolute Gasteiger partial charge is 0.473 e. The Kier molecular flexibility index (Phi) is 4.99. The molecule has 0 spiro atoms. The van der Waals surface area contributed by atoms with Crippen LogP contribution >= 0.6 is 11.3 Å². The molecule has 1 aromatic rings. The van der Waals surface area contributed by atoms with Crippen LogP contribution in [0.3, 0.4) is 0 Å². The molecule has 90 valence electrons. The number of esters is 1. The third-order valence-corrected chi connectivity index (χ3v) is 2.50. The van der Waals surface area contributed by atoms with E-state index in [2.05, 4.69) is 15.0 Å². The van der Waals surface area contributed by atoms with E-state index in [1.54, 1.807) is 6.92 Å². The molecule has 0 atom stereocenters. The first kappa shape index (κ1) is 13.0.